The lowest BCUT2D eigenvalue weighted by Gasteiger charge is -2.27. The van der Waals surface area contributed by atoms with E-state index in [2.05, 4.69) is 30.8 Å². The number of aliphatic hydroxyl groups excluding tert-OH is 1. The first-order valence-corrected chi connectivity index (χ1v) is 8.90. The molecule has 0 amide bonds. The zero-order valence-electron chi connectivity index (χ0n) is 15.4. The maximum absolute atomic E-state index is 9.34. The number of ether oxygens (including phenoxy) is 1. The molecule has 3 heterocycles. The number of aliphatic hydroxyl groups is 1. The molecule has 1 aliphatic rings. The minimum Gasteiger partial charge on any atom is -0.461 e. The predicted octanol–water partition coefficient (Wildman–Crippen LogP) is 1.53. The highest BCUT2D eigenvalue weighted by Gasteiger charge is 2.34. The van der Waals surface area contributed by atoms with Crippen LogP contribution >= 0.6 is 24.0 Å². The maximum atomic E-state index is 9.34. The van der Waals surface area contributed by atoms with Gasteiger partial charge in [-0.15, -0.1) is 29.1 Å². The number of furan rings is 1. The summed E-state index contributed by atoms with van der Waals surface area (Å²) in [6.07, 6.45) is 3.24. The number of aliphatic imine (C=N–C) groups is 1. The zero-order valence-corrected chi connectivity index (χ0v) is 17.7. The third-order valence-electron chi connectivity index (χ3n) is 4.46. The predicted molar refractivity (Wildman–Crippen MR) is 112 cm³/mol. The van der Waals surface area contributed by atoms with Gasteiger partial charge in [0.2, 0.25) is 5.82 Å². The molecule has 2 aromatic rings. The quantitative estimate of drug-likeness (QED) is 0.252. The molecule has 0 saturated carbocycles. The van der Waals surface area contributed by atoms with Gasteiger partial charge in [0.05, 0.1) is 12.9 Å². The Bertz CT molecular complexity index is 697. The highest BCUT2D eigenvalue weighted by Crippen LogP contribution is 2.31. The largest absolute Gasteiger partial charge is 0.461 e. The van der Waals surface area contributed by atoms with Crippen molar-refractivity contribution < 1.29 is 14.3 Å². The standard InChI is InChI=1S/C17H26N6O3.HI/c1-2-18-16(20-11-17(5-7-24)6-9-25-12-17)19-10-14-21-15(23-22-14)13-4-3-8-26-13;/h3-4,8,24H,2,5-7,9-12H2,1H3,(H2,18,19,20)(H,21,22,23);1H. The third kappa shape index (κ3) is 5.91. The molecule has 9 nitrogen and oxygen atoms in total. The van der Waals surface area contributed by atoms with E-state index in [1.165, 1.54) is 0 Å². The van der Waals surface area contributed by atoms with Crippen LogP contribution in [0.15, 0.2) is 27.8 Å². The summed E-state index contributed by atoms with van der Waals surface area (Å²) < 4.78 is 10.8. The molecule has 10 heteroatoms. The second kappa shape index (κ2) is 10.6. The number of H-pyrrole nitrogens is 1. The first-order valence-electron chi connectivity index (χ1n) is 8.90. The number of guanidine groups is 1. The number of hydrogen-bond acceptors (Lipinski definition) is 6. The first kappa shape index (κ1) is 21.6. The summed E-state index contributed by atoms with van der Waals surface area (Å²) in [6.45, 7) is 5.40. The number of aromatic amines is 1. The van der Waals surface area contributed by atoms with Crippen LogP contribution in [0.1, 0.15) is 25.6 Å². The van der Waals surface area contributed by atoms with Gasteiger partial charge in [0.25, 0.3) is 0 Å². The van der Waals surface area contributed by atoms with Gasteiger partial charge in [-0.05, 0) is 31.9 Å². The topological polar surface area (TPSA) is 121 Å². The lowest BCUT2D eigenvalue weighted by molar-refractivity contribution is 0.127. The molecule has 2 aromatic heterocycles. The van der Waals surface area contributed by atoms with Crippen LogP contribution in [-0.4, -0.2) is 59.2 Å². The lowest BCUT2D eigenvalue weighted by atomic mass is 9.84. The summed E-state index contributed by atoms with van der Waals surface area (Å²) in [5.41, 5.74) is -0.0381. The second-order valence-corrected chi connectivity index (χ2v) is 6.41. The van der Waals surface area contributed by atoms with E-state index in [1.54, 1.807) is 12.3 Å². The van der Waals surface area contributed by atoms with Crippen LogP contribution < -0.4 is 10.6 Å². The molecule has 4 N–H and O–H groups in total. The minimum atomic E-state index is -0.0381. The SMILES string of the molecule is CCNC(=NCc1nc(-c2ccco2)n[nH]1)NCC1(CCO)CCOC1.I. The van der Waals surface area contributed by atoms with Crippen molar-refractivity contribution in [1.82, 2.24) is 25.8 Å². The van der Waals surface area contributed by atoms with E-state index in [9.17, 15) is 5.11 Å². The number of halogens is 1. The van der Waals surface area contributed by atoms with Crippen LogP contribution in [0.2, 0.25) is 0 Å². The fraction of sp³-hybridized carbons (Fsp3) is 0.588. The van der Waals surface area contributed by atoms with Crippen LogP contribution in [0, 0.1) is 5.41 Å². The van der Waals surface area contributed by atoms with Crippen molar-refractivity contribution in [3.63, 3.8) is 0 Å². The number of rotatable bonds is 8. The van der Waals surface area contributed by atoms with E-state index in [0.717, 1.165) is 19.6 Å². The Hall–Kier alpha value is -1.66. The molecule has 0 bridgehead atoms. The fourth-order valence-corrected chi connectivity index (χ4v) is 2.96. The normalized spacial score (nSPS) is 19.7. The molecule has 1 aliphatic heterocycles. The van der Waals surface area contributed by atoms with Crippen LogP contribution in [-0.2, 0) is 11.3 Å². The van der Waals surface area contributed by atoms with Crippen molar-refractivity contribution >= 4 is 29.9 Å². The molecular weight excluding hydrogens is 463 g/mol. The van der Waals surface area contributed by atoms with Crippen molar-refractivity contribution in [1.29, 1.82) is 0 Å². The molecule has 3 rings (SSSR count). The van der Waals surface area contributed by atoms with E-state index in [1.807, 2.05) is 13.0 Å². The average Bonchev–Trinajstić information content (AvgIpc) is 3.39. The first-order chi connectivity index (χ1) is 12.7. The van der Waals surface area contributed by atoms with Crippen LogP contribution in [0.3, 0.4) is 0 Å². The van der Waals surface area contributed by atoms with Crippen molar-refractivity contribution in [2.24, 2.45) is 10.4 Å². The van der Waals surface area contributed by atoms with Crippen molar-refractivity contribution in [2.75, 3.05) is 32.9 Å². The molecule has 1 atom stereocenters. The van der Waals surface area contributed by atoms with Crippen molar-refractivity contribution in [3.05, 3.63) is 24.2 Å². The molecule has 1 saturated heterocycles. The molecule has 0 radical (unpaired) electrons. The highest BCUT2D eigenvalue weighted by molar-refractivity contribution is 14.0. The molecule has 0 aromatic carbocycles. The summed E-state index contributed by atoms with van der Waals surface area (Å²) in [5, 5.41) is 22.9. The molecule has 1 fully saturated rings. The molecule has 27 heavy (non-hydrogen) atoms. The van der Waals surface area contributed by atoms with Crippen molar-refractivity contribution in [2.45, 2.75) is 26.3 Å². The van der Waals surface area contributed by atoms with Crippen LogP contribution in [0.5, 0.6) is 0 Å². The summed E-state index contributed by atoms with van der Waals surface area (Å²) >= 11 is 0. The Morgan fingerprint density at radius 2 is 2.33 bits per heavy atom. The Morgan fingerprint density at radius 3 is 3.00 bits per heavy atom. The van der Waals surface area contributed by atoms with Gasteiger partial charge in [0.15, 0.2) is 11.7 Å². The summed E-state index contributed by atoms with van der Waals surface area (Å²) in [7, 11) is 0. The Morgan fingerprint density at radius 1 is 1.44 bits per heavy atom. The van der Waals surface area contributed by atoms with Gasteiger partial charge in [0, 0.05) is 31.7 Å². The minimum absolute atomic E-state index is 0. The number of hydrogen-bond donors (Lipinski definition) is 4. The zero-order chi connectivity index (χ0) is 18.2. The number of nitrogens with one attached hydrogen (secondary N) is 3. The number of nitrogens with zero attached hydrogens (tertiary/aromatic N) is 3. The van der Waals surface area contributed by atoms with Gasteiger partial charge in [-0.25, -0.2) is 9.98 Å². The Kier molecular flexibility index (Phi) is 8.51. The van der Waals surface area contributed by atoms with Crippen LogP contribution in [0.4, 0.5) is 0 Å². The van der Waals surface area contributed by atoms with E-state index >= 15 is 0 Å². The fourth-order valence-electron chi connectivity index (χ4n) is 2.96. The van der Waals surface area contributed by atoms with Crippen LogP contribution in [0.25, 0.3) is 11.6 Å². The van der Waals surface area contributed by atoms with Gasteiger partial charge in [0.1, 0.15) is 12.4 Å². The van der Waals surface area contributed by atoms with E-state index < -0.39 is 0 Å². The molecular formula is C17H27IN6O3. The van der Waals surface area contributed by atoms with E-state index in [-0.39, 0.29) is 36.0 Å². The summed E-state index contributed by atoms with van der Waals surface area (Å²) in [5.74, 6) is 2.49. The number of aromatic nitrogens is 3. The second-order valence-electron chi connectivity index (χ2n) is 6.41. The van der Waals surface area contributed by atoms with Gasteiger partial charge in [-0.2, -0.15) is 0 Å². The summed E-state index contributed by atoms with van der Waals surface area (Å²) in [4.78, 5) is 8.95. The average molecular weight is 490 g/mol. The molecule has 0 spiro atoms. The summed E-state index contributed by atoms with van der Waals surface area (Å²) in [6, 6.07) is 3.61. The molecule has 0 aliphatic carbocycles. The highest BCUT2D eigenvalue weighted by atomic mass is 127. The van der Waals surface area contributed by atoms with Gasteiger partial charge in [-0.3, -0.25) is 5.10 Å². The lowest BCUT2D eigenvalue weighted by Crippen LogP contribution is -2.44. The molecule has 1 unspecified atom stereocenters. The third-order valence-corrected chi connectivity index (χ3v) is 4.46. The smallest absolute Gasteiger partial charge is 0.216 e. The van der Waals surface area contributed by atoms with Crippen molar-refractivity contribution in [3.8, 4) is 11.6 Å². The Balaban J connectivity index is 0.00000261. The van der Waals surface area contributed by atoms with E-state index in [4.69, 9.17) is 9.15 Å². The monoisotopic (exact) mass is 490 g/mol. The van der Waals surface area contributed by atoms with Gasteiger partial charge < -0.3 is 24.9 Å². The van der Waals surface area contributed by atoms with Gasteiger partial charge >= 0.3 is 0 Å². The molecule has 150 valence electrons. The Labute approximate surface area is 175 Å². The maximum Gasteiger partial charge on any atom is 0.216 e. The van der Waals surface area contributed by atoms with E-state index in [0.29, 0.717) is 49.5 Å². The van der Waals surface area contributed by atoms with Gasteiger partial charge in [-0.1, -0.05) is 0 Å².